The first-order valence-electron chi connectivity index (χ1n) is 3.55. The van der Waals surface area contributed by atoms with Crippen molar-refractivity contribution in [1.82, 2.24) is 5.32 Å². The third-order valence-corrected chi connectivity index (χ3v) is 4.72. The van der Waals surface area contributed by atoms with E-state index in [4.69, 9.17) is 4.43 Å². The molecule has 0 aromatic heterocycles. The van der Waals surface area contributed by atoms with Crippen molar-refractivity contribution in [2.75, 3.05) is 28.3 Å². The molecule has 1 unspecified atom stereocenters. The maximum atomic E-state index is 11.2. The van der Waals surface area contributed by atoms with E-state index in [1.165, 1.54) is 0 Å². The summed E-state index contributed by atoms with van der Waals surface area (Å²) in [6.07, 6.45) is 0. The number of nitrogens with one attached hydrogen (secondary N) is 1. The molecule has 0 aliphatic rings. The SMILES string of the molecule is CNC(=O)[N+](C)(C)[SiH](C)OC. The highest BCUT2D eigenvalue weighted by atomic mass is 28.3. The first kappa shape index (κ1) is 10.6. The Morgan fingerprint density at radius 1 is 1.55 bits per heavy atom. The highest BCUT2D eigenvalue weighted by Gasteiger charge is 2.34. The number of hydrogen-bond donors (Lipinski definition) is 1. The second kappa shape index (κ2) is 3.84. The van der Waals surface area contributed by atoms with E-state index in [1.807, 2.05) is 20.6 Å². The van der Waals surface area contributed by atoms with Gasteiger partial charge in [-0.1, -0.05) is 0 Å². The third kappa shape index (κ3) is 2.28. The van der Waals surface area contributed by atoms with Crippen LogP contribution in [0, 0.1) is 0 Å². The Hall–Kier alpha value is -0.393. The molecule has 0 saturated heterocycles. The summed E-state index contributed by atoms with van der Waals surface area (Å²) in [6.45, 7) is 2.00. The lowest BCUT2D eigenvalue weighted by Gasteiger charge is -2.30. The molecule has 0 heterocycles. The Bertz CT molecular complexity index is 150. The summed E-state index contributed by atoms with van der Waals surface area (Å²) in [6, 6.07) is 0.00557. The van der Waals surface area contributed by atoms with E-state index in [-0.39, 0.29) is 6.03 Å². The van der Waals surface area contributed by atoms with Crippen LogP contribution in [0.4, 0.5) is 4.79 Å². The minimum absolute atomic E-state index is 0.00557. The van der Waals surface area contributed by atoms with Crippen molar-refractivity contribution in [1.29, 1.82) is 0 Å². The van der Waals surface area contributed by atoms with Crippen LogP contribution < -0.4 is 5.32 Å². The number of amides is 2. The molecular formula is C6H17N2O2Si+. The van der Waals surface area contributed by atoms with E-state index in [0.717, 1.165) is 0 Å². The Balaban J connectivity index is 4.31. The van der Waals surface area contributed by atoms with Crippen LogP contribution in [-0.4, -0.2) is 47.6 Å². The van der Waals surface area contributed by atoms with E-state index in [2.05, 4.69) is 5.32 Å². The highest BCUT2D eigenvalue weighted by Crippen LogP contribution is 2.03. The molecular weight excluding hydrogens is 160 g/mol. The van der Waals surface area contributed by atoms with Gasteiger partial charge in [-0.3, -0.25) is 4.15 Å². The minimum atomic E-state index is -1.44. The van der Waals surface area contributed by atoms with E-state index in [9.17, 15) is 4.79 Å². The van der Waals surface area contributed by atoms with Gasteiger partial charge in [-0.25, -0.2) is 4.79 Å². The van der Waals surface area contributed by atoms with Crippen molar-refractivity contribution in [2.24, 2.45) is 0 Å². The monoisotopic (exact) mass is 177 g/mol. The first-order valence-corrected chi connectivity index (χ1v) is 5.69. The molecule has 0 fully saturated rings. The number of nitrogens with zero attached hydrogens (tertiary/aromatic N) is 1. The average molecular weight is 177 g/mol. The number of quaternary nitrogens is 1. The van der Waals surface area contributed by atoms with Crippen LogP contribution >= 0.6 is 0 Å². The Morgan fingerprint density at radius 2 is 2.00 bits per heavy atom. The fraction of sp³-hybridized carbons (Fsp3) is 0.833. The number of urea groups is 1. The molecule has 1 atom stereocenters. The first-order chi connectivity index (χ1) is 4.96. The predicted octanol–water partition coefficient (Wildman–Crippen LogP) is -0.101. The summed E-state index contributed by atoms with van der Waals surface area (Å²) in [7, 11) is 5.57. The van der Waals surface area contributed by atoms with Gasteiger partial charge in [-0.15, -0.1) is 0 Å². The van der Waals surface area contributed by atoms with Gasteiger partial charge in [0.2, 0.25) is 0 Å². The quantitative estimate of drug-likeness (QED) is 0.598. The lowest BCUT2D eigenvalue weighted by molar-refractivity contribution is -0.704. The molecule has 0 aliphatic heterocycles. The van der Waals surface area contributed by atoms with Gasteiger partial charge in [0.15, 0.2) is 0 Å². The van der Waals surface area contributed by atoms with Crippen molar-refractivity contribution in [2.45, 2.75) is 6.55 Å². The third-order valence-electron chi connectivity index (χ3n) is 1.99. The van der Waals surface area contributed by atoms with Crippen molar-refractivity contribution in [3.05, 3.63) is 0 Å². The molecule has 0 spiro atoms. The summed E-state index contributed by atoms with van der Waals surface area (Å²) in [4.78, 5) is 11.2. The number of rotatable bonds is 2. The summed E-state index contributed by atoms with van der Waals surface area (Å²) >= 11 is 0. The Labute approximate surface area is 69.5 Å². The average Bonchev–Trinajstić information content (AvgIpc) is 2.01. The second-order valence-corrected chi connectivity index (χ2v) is 5.89. The van der Waals surface area contributed by atoms with Crippen LogP contribution in [0.25, 0.3) is 0 Å². The second-order valence-electron chi connectivity index (χ2n) is 2.93. The van der Waals surface area contributed by atoms with Crippen LogP contribution in [-0.2, 0) is 4.43 Å². The van der Waals surface area contributed by atoms with Crippen molar-refractivity contribution in [3.8, 4) is 0 Å². The highest BCUT2D eigenvalue weighted by molar-refractivity contribution is 6.43. The van der Waals surface area contributed by atoms with Gasteiger partial charge in [-0.05, 0) is 0 Å². The van der Waals surface area contributed by atoms with Gasteiger partial charge in [0.1, 0.15) is 0 Å². The fourth-order valence-electron chi connectivity index (χ4n) is 0.717. The van der Waals surface area contributed by atoms with Crippen LogP contribution in [0.1, 0.15) is 0 Å². The van der Waals surface area contributed by atoms with Gasteiger partial charge in [-0.2, -0.15) is 0 Å². The summed E-state index contributed by atoms with van der Waals surface area (Å²) < 4.78 is 5.51. The maximum absolute atomic E-state index is 11.2. The standard InChI is InChI=1S/C6H16N2O2Si/c1-7-6(9)8(2,3)11(5)10-4/h11H,1-5H3/p+1. The molecule has 4 nitrogen and oxygen atoms in total. The van der Waals surface area contributed by atoms with Crippen molar-refractivity contribution in [3.63, 3.8) is 0 Å². The van der Waals surface area contributed by atoms with Crippen LogP contribution in [0.15, 0.2) is 0 Å². The van der Waals surface area contributed by atoms with Crippen LogP contribution in [0.5, 0.6) is 0 Å². The number of hydrogen-bond acceptors (Lipinski definition) is 2. The molecule has 0 saturated carbocycles. The predicted molar refractivity (Wildman–Crippen MR) is 46.6 cm³/mol. The lowest BCUT2D eigenvalue weighted by Crippen LogP contribution is -2.59. The molecule has 0 radical (unpaired) electrons. The molecule has 0 aromatic rings. The lowest BCUT2D eigenvalue weighted by atomic mass is 10.8. The Kier molecular flexibility index (Phi) is 3.71. The molecule has 66 valence electrons. The van der Waals surface area contributed by atoms with E-state index < -0.39 is 9.20 Å². The largest absolute Gasteiger partial charge is 0.426 e. The maximum Gasteiger partial charge on any atom is 0.426 e. The fourth-order valence-corrected chi connectivity index (χ4v) is 1.70. The summed E-state index contributed by atoms with van der Waals surface area (Å²) in [5.41, 5.74) is 0. The zero-order valence-corrected chi connectivity index (χ0v) is 9.00. The van der Waals surface area contributed by atoms with Gasteiger partial charge < -0.3 is 9.74 Å². The molecule has 2 amide bonds. The molecule has 0 bridgehead atoms. The van der Waals surface area contributed by atoms with Crippen molar-refractivity contribution < 1.29 is 13.4 Å². The summed E-state index contributed by atoms with van der Waals surface area (Å²) in [5, 5.41) is 2.61. The Morgan fingerprint density at radius 3 is 2.27 bits per heavy atom. The number of carbonyl (C=O) groups is 1. The van der Waals surface area contributed by atoms with Gasteiger partial charge in [0.25, 0.3) is 0 Å². The zero-order chi connectivity index (χ0) is 9.07. The molecule has 1 N–H and O–H groups in total. The topological polar surface area (TPSA) is 38.3 Å². The van der Waals surface area contributed by atoms with Crippen LogP contribution in [0.2, 0.25) is 6.55 Å². The van der Waals surface area contributed by atoms with Gasteiger partial charge >= 0.3 is 15.2 Å². The number of carbonyl (C=O) groups excluding carboxylic acids is 1. The molecule has 0 aliphatic carbocycles. The zero-order valence-electron chi connectivity index (χ0n) is 7.84. The van der Waals surface area contributed by atoms with Gasteiger partial charge in [0, 0.05) is 20.7 Å². The molecule has 5 heteroatoms. The van der Waals surface area contributed by atoms with Crippen LogP contribution in [0.3, 0.4) is 0 Å². The van der Waals surface area contributed by atoms with E-state index in [1.54, 1.807) is 14.2 Å². The van der Waals surface area contributed by atoms with E-state index >= 15 is 0 Å². The molecule has 11 heavy (non-hydrogen) atoms. The van der Waals surface area contributed by atoms with E-state index in [0.29, 0.717) is 4.15 Å². The molecule has 0 rings (SSSR count). The summed E-state index contributed by atoms with van der Waals surface area (Å²) in [5.74, 6) is 0. The smallest absolute Gasteiger partial charge is 0.376 e. The molecule has 0 aromatic carbocycles. The van der Waals surface area contributed by atoms with Gasteiger partial charge in [0.05, 0.1) is 14.1 Å². The minimum Gasteiger partial charge on any atom is -0.376 e. The van der Waals surface area contributed by atoms with Crippen molar-refractivity contribution >= 4 is 15.2 Å². The normalized spacial score (nSPS) is 14.3.